The predicted octanol–water partition coefficient (Wildman–Crippen LogP) is 1.85. The highest BCUT2D eigenvalue weighted by atomic mass is 19.3. The molecule has 0 radical (unpaired) electrons. The number of hydrogen-bond donors (Lipinski definition) is 1. The van der Waals surface area contributed by atoms with Gasteiger partial charge in [-0.3, -0.25) is 4.90 Å². The van der Waals surface area contributed by atoms with Crippen LogP contribution in [0.15, 0.2) is 0 Å². The van der Waals surface area contributed by atoms with E-state index in [1.807, 2.05) is 0 Å². The van der Waals surface area contributed by atoms with Crippen molar-refractivity contribution in [2.45, 2.75) is 45.3 Å². The molecule has 1 heterocycles. The number of amides is 1. The van der Waals surface area contributed by atoms with E-state index in [-0.39, 0.29) is 6.04 Å². The van der Waals surface area contributed by atoms with E-state index in [9.17, 15) is 13.6 Å². The van der Waals surface area contributed by atoms with E-state index < -0.39 is 30.7 Å². The van der Waals surface area contributed by atoms with Crippen molar-refractivity contribution in [1.82, 2.24) is 10.2 Å². The maximum absolute atomic E-state index is 13.4. The number of alkyl halides is 2. The topological polar surface area (TPSA) is 41.6 Å². The lowest BCUT2D eigenvalue weighted by Crippen LogP contribution is -2.47. The molecule has 0 unspecified atom stereocenters. The molecule has 0 aliphatic carbocycles. The third kappa shape index (κ3) is 4.46. The fraction of sp³-hybridized carbons (Fsp3) is 0.909. The Morgan fingerprint density at radius 3 is 2.59 bits per heavy atom. The number of ether oxygens (including phenoxy) is 1. The number of nitrogens with zero attached hydrogens (tertiary/aromatic N) is 1. The normalized spacial score (nSPS) is 25.3. The number of carbonyl (C=O) groups excluding carboxylic acids is 1. The Bertz CT molecular complexity index is 290. The van der Waals surface area contributed by atoms with E-state index in [0.29, 0.717) is 6.54 Å². The maximum Gasteiger partial charge on any atom is 0.410 e. The van der Waals surface area contributed by atoms with Gasteiger partial charge in [0.15, 0.2) is 0 Å². The molecule has 1 aliphatic heterocycles. The minimum absolute atomic E-state index is 0.307. The number of carbonyl (C=O) groups is 1. The van der Waals surface area contributed by atoms with Gasteiger partial charge in [-0.1, -0.05) is 0 Å². The standard InChI is InChI=1S/C11H20F2N2O2/c1-8-5-14-6-11(12,13)7-15(8)9(16)17-10(2,3)4/h8,14H,5-7H2,1-4H3/t8-/m0/s1. The van der Waals surface area contributed by atoms with Crippen LogP contribution in [0.5, 0.6) is 0 Å². The van der Waals surface area contributed by atoms with Crippen LogP contribution in [-0.4, -0.2) is 48.2 Å². The molecule has 0 aromatic heterocycles. The highest BCUT2D eigenvalue weighted by molar-refractivity contribution is 5.68. The van der Waals surface area contributed by atoms with E-state index >= 15 is 0 Å². The summed E-state index contributed by atoms with van der Waals surface area (Å²) in [5.41, 5.74) is -0.675. The lowest BCUT2D eigenvalue weighted by atomic mass is 10.2. The lowest BCUT2D eigenvalue weighted by molar-refractivity contribution is -0.0364. The van der Waals surface area contributed by atoms with E-state index in [2.05, 4.69) is 5.32 Å². The molecule has 1 fully saturated rings. The van der Waals surface area contributed by atoms with Gasteiger partial charge in [0.2, 0.25) is 0 Å². The summed E-state index contributed by atoms with van der Waals surface area (Å²) >= 11 is 0. The number of nitrogens with one attached hydrogen (secondary N) is 1. The van der Waals surface area contributed by atoms with E-state index in [1.54, 1.807) is 27.7 Å². The molecule has 1 aliphatic rings. The molecule has 6 heteroatoms. The van der Waals surface area contributed by atoms with Crippen molar-refractivity contribution in [1.29, 1.82) is 0 Å². The summed E-state index contributed by atoms with van der Waals surface area (Å²) < 4.78 is 31.9. The molecule has 4 nitrogen and oxygen atoms in total. The molecule has 1 saturated heterocycles. The van der Waals surface area contributed by atoms with Crippen LogP contribution >= 0.6 is 0 Å². The zero-order valence-electron chi connectivity index (χ0n) is 10.7. The average Bonchev–Trinajstić information content (AvgIpc) is 2.22. The highest BCUT2D eigenvalue weighted by Crippen LogP contribution is 2.21. The SMILES string of the molecule is C[C@H]1CNCC(F)(F)CN1C(=O)OC(C)(C)C. The minimum atomic E-state index is -2.92. The minimum Gasteiger partial charge on any atom is -0.444 e. The molecule has 100 valence electrons. The van der Waals surface area contributed by atoms with Crippen LogP contribution in [0.3, 0.4) is 0 Å². The summed E-state index contributed by atoms with van der Waals surface area (Å²) in [4.78, 5) is 12.9. The van der Waals surface area contributed by atoms with Crippen LogP contribution in [0.25, 0.3) is 0 Å². The van der Waals surface area contributed by atoms with Gasteiger partial charge in [0.05, 0.1) is 13.1 Å². The zero-order valence-corrected chi connectivity index (χ0v) is 10.7. The molecule has 0 aromatic carbocycles. The largest absolute Gasteiger partial charge is 0.444 e. The summed E-state index contributed by atoms with van der Waals surface area (Å²) in [7, 11) is 0. The molecule has 1 atom stereocenters. The van der Waals surface area contributed by atoms with E-state index in [1.165, 1.54) is 0 Å². The Labute approximate surface area is 100 Å². The molecule has 1 rings (SSSR count). The van der Waals surface area contributed by atoms with Crippen LogP contribution in [0.4, 0.5) is 13.6 Å². The van der Waals surface area contributed by atoms with Crippen LogP contribution in [0.1, 0.15) is 27.7 Å². The zero-order chi connectivity index (χ0) is 13.3. The van der Waals surface area contributed by atoms with Gasteiger partial charge < -0.3 is 10.1 Å². The Morgan fingerprint density at radius 1 is 1.47 bits per heavy atom. The van der Waals surface area contributed by atoms with E-state index in [0.717, 1.165) is 4.90 Å². The van der Waals surface area contributed by atoms with Crippen molar-refractivity contribution in [2.75, 3.05) is 19.6 Å². The Morgan fingerprint density at radius 2 is 2.06 bits per heavy atom. The first-order chi connectivity index (χ1) is 7.61. The molecule has 0 aromatic rings. The van der Waals surface area contributed by atoms with Gasteiger partial charge in [0, 0.05) is 12.6 Å². The fourth-order valence-electron chi connectivity index (χ4n) is 1.60. The van der Waals surface area contributed by atoms with Crippen molar-refractivity contribution in [2.24, 2.45) is 0 Å². The van der Waals surface area contributed by atoms with Crippen LogP contribution in [0.2, 0.25) is 0 Å². The Balaban J connectivity index is 2.75. The second-order valence-corrected chi connectivity index (χ2v) is 5.44. The van der Waals surface area contributed by atoms with Crippen molar-refractivity contribution in [3.05, 3.63) is 0 Å². The van der Waals surface area contributed by atoms with Gasteiger partial charge in [-0.15, -0.1) is 0 Å². The van der Waals surface area contributed by atoms with Gasteiger partial charge in [-0.05, 0) is 27.7 Å². The van der Waals surface area contributed by atoms with Crippen molar-refractivity contribution < 1.29 is 18.3 Å². The second-order valence-electron chi connectivity index (χ2n) is 5.44. The Hall–Kier alpha value is -0.910. The summed E-state index contributed by atoms with van der Waals surface area (Å²) in [5, 5.41) is 2.64. The molecular weight excluding hydrogens is 230 g/mol. The van der Waals surface area contributed by atoms with E-state index in [4.69, 9.17) is 4.74 Å². The first-order valence-corrected chi connectivity index (χ1v) is 5.69. The summed E-state index contributed by atoms with van der Waals surface area (Å²) in [6.07, 6.45) is -0.687. The summed E-state index contributed by atoms with van der Waals surface area (Å²) in [6, 6.07) is -0.307. The van der Waals surface area contributed by atoms with Crippen LogP contribution in [0, 0.1) is 0 Å². The number of hydrogen-bond acceptors (Lipinski definition) is 3. The lowest BCUT2D eigenvalue weighted by Gasteiger charge is -2.31. The molecule has 1 amide bonds. The second kappa shape index (κ2) is 4.76. The highest BCUT2D eigenvalue weighted by Gasteiger charge is 2.39. The maximum atomic E-state index is 13.4. The smallest absolute Gasteiger partial charge is 0.410 e. The Kier molecular flexibility index (Phi) is 3.96. The molecular formula is C11H20F2N2O2. The molecule has 1 N–H and O–H groups in total. The van der Waals surface area contributed by atoms with Gasteiger partial charge >= 0.3 is 6.09 Å². The first-order valence-electron chi connectivity index (χ1n) is 5.69. The van der Waals surface area contributed by atoms with Crippen molar-refractivity contribution >= 4 is 6.09 Å². The van der Waals surface area contributed by atoms with Crippen molar-refractivity contribution in [3.63, 3.8) is 0 Å². The van der Waals surface area contributed by atoms with Gasteiger partial charge in [-0.25, -0.2) is 13.6 Å². The van der Waals surface area contributed by atoms with Gasteiger partial charge in [0.1, 0.15) is 5.60 Å². The van der Waals surface area contributed by atoms with Crippen molar-refractivity contribution in [3.8, 4) is 0 Å². The summed E-state index contributed by atoms with van der Waals surface area (Å²) in [6.45, 7) is 6.19. The predicted molar refractivity (Wildman–Crippen MR) is 60.2 cm³/mol. The van der Waals surface area contributed by atoms with Gasteiger partial charge in [0.25, 0.3) is 5.92 Å². The fourth-order valence-corrected chi connectivity index (χ4v) is 1.60. The number of rotatable bonds is 0. The average molecular weight is 250 g/mol. The molecule has 0 bridgehead atoms. The molecule has 17 heavy (non-hydrogen) atoms. The molecule has 0 saturated carbocycles. The summed E-state index contributed by atoms with van der Waals surface area (Å²) in [5.74, 6) is -2.92. The third-order valence-corrected chi connectivity index (χ3v) is 2.39. The monoisotopic (exact) mass is 250 g/mol. The van der Waals surface area contributed by atoms with Gasteiger partial charge in [-0.2, -0.15) is 0 Å². The first kappa shape index (κ1) is 14.2. The van der Waals surface area contributed by atoms with Crippen LogP contribution in [-0.2, 0) is 4.74 Å². The molecule has 0 spiro atoms. The number of halogens is 2. The quantitative estimate of drug-likeness (QED) is 0.713. The van der Waals surface area contributed by atoms with Crippen LogP contribution < -0.4 is 5.32 Å². The third-order valence-electron chi connectivity index (χ3n) is 2.39.